The minimum atomic E-state index is -4.64. The van der Waals surface area contributed by atoms with Crippen LogP contribution in [0.5, 0.6) is 5.75 Å². The summed E-state index contributed by atoms with van der Waals surface area (Å²) in [5.74, 6) is -0.690. The Morgan fingerprint density at radius 2 is 1.77 bits per heavy atom. The van der Waals surface area contributed by atoms with Crippen LogP contribution in [0.1, 0.15) is 58.2 Å². The number of aromatic nitrogens is 1. The van der Waals surface area contributed by atoms with Gasteiger partial charge in [0.2, 0.25) is 0 Å². The van der Waals surface area contributed by atoms with Crippen molar-refractivity contribution in [3.05, 3.63) is 118 Å². The summed E-state index contributed by atoms with van der Waals surface area (Å²) in [6.07, 6.45) is 3.91. The molecular formula is C36H35F3N2O3. The topological polar surface area (TPSA) is 62.7 Å². The number of carbonyl (C=O) groups is 1. The van der Waals surface area contributed by atoms with Gasteiger partial charge >= 0.3 is 12.1 Å². The van der Waals surface area contributed by atoms with Crippen LogP contribution in [0.3, 0.4) is 0 Å². The van der Waals surface area contributed by atoms with Gasteiger partial charge in [0, 0.05) is 30.1 Å². The zero-order valence-corrected chi connectivity index (χ0v) is 24.8. The van der Waals surface area contributed by atoms with E-state index < -0.39 is 23.8 Å². The van der Waals surface area contributed by atoms with Crippen molar-refractivity contribution in [2.24, 2.45) is 0 Å². The number of halogens is 3. The molecule has 8 heteroatoms. The number of rotatable bonds is 9. The van der Waals surface area contributed by atoms with Gasteiger partial charge in [-0.1, -0.05) is 67.1 Å². The Kier molecular flexibility index (Phi) is 9.49. The molecule has 44 heavy (non-hydrogen) atoms. The average Bonchev–Trinajstić information content (AvgIpc) is 3.00. The molecule has 1 saturated heterocycles. The first-order valence-corrected chi connectivity index (χ1v) is 14.7. The van der Waals surface area contributed by atoms with Gasteiger partial charge in [-0.2, -0.15) is 13.2 Å². The molecule has 5 rings (SSSR count). The molecule has 1 fully saturated rings. The van der Waals surface area contributed by atoms with E-state index in [4.69, 9.17) is 4.74 Å². The molecule has 0 radical (unpaired) electrons. The molecule has 0 bridgehead atoms. The first kappa shape index (κ1) is 31.0. The van der Waals surface area contributed by atoms with Crippen molar-refractivity contribution in [3.63, 3.8) is 0 Å². The van der Waals surface area contributed by atoms with E-state index in [1.807, 2.05) is 68.4 Å². The number of aliphatic carboxylic acids is 1. The summed E-state index contributed by atoms with van der Waals surface area (Å²) in [4.78, 5) is 17.9. The van der Waals surface area contributed by atoms with Crippen LogP contribution in [-0.2, 0) is 24.1 Å². The zero-order valence-electron chi connectivity index (χ0n) is 24.8. The fraction of sp³-hybridized carbons (Fsp3) is 0.278. The first-order chi connectivity index (χ1) is 21.1. The first-order valence-electron chi connectivity index (χ1n) is 14.7. The lowest BCUT2D eigenvalue weighted by Gasteiger charge is -2.33. The number of nitrogens with zero attached hydrogens (tertiary/aromatic N) is 2. The lowest BCUT2D eigenvalue weighted by Crippen LogP contribution is -2.44. The van der Waals surface area contributed by atoms with Crippen LogP contribution in [0.2, 0.25) is 0 Å². The predicted molar refractivity (Wildman–Crippen MR) is 166 cm³/mol. The SMILES string of the molecule is Cc1cncc(COc2cc(/C=C/c3cccc(-c4ccccc4)c3C)c(C(F)(F)F)cc2CN2CCCC[C@H]2C(=O)O)c1. The molecule has 3 aromatic carbocycles. The van der Waals surface area contributed by atoms with E-state index >= 15 is 0 Å². The van der Waals surface area contributed by atoms with Crippen molar-refractivity contribution < 1.29 is 27.8 Å². The van der Waals surface area contributed by atoms with E-state index in [-0.39, 0.29) is 24.5 Å². The maximum atomic E-state index is 14.5. The Balaban J connectivity index is 1.55. The number of piperidine rings is 1. The summed E-state index contributed by atoms with van der Waals surface area (Å²) in [5.41, 5.74) is 4.97. The summed E-state index contributed by atoms with van der Waals surface area (Å²) >= 11 is 0. The van der Waals surface area contributed by atoms with Crippen molar-refractivity contribution >= 4 is 18.1 Å². The van der Waals surface area contributed by atoms with Crippen LogP contribution in [0.4, 0.5) is 13.2 Å². The number of ether oxygens (including phenoxy) is 1. The number of carboxylic acids is 1. The highest BCUT2D eigenvalue weighted by Crippen LogP contribution is 2.38. The molecule has 4 aromatic rings. The fourth-order valence-electron chi connectivity index (χ4n) is 5.76. The smallest absolute Gasteiger partial charge is 0.417 e. The molecule has 0 saturated carbocycles. The number of benzene rings is 3. The van der Waals surface area contributed by atoms with Gasteiger partial charge in [0.1, 0.15) is 18.4 Å². The Labute approximate surface area is 255 Å². The third kappa shape index (κ3) is 7.37. The average molecular weight is 601 g/mol. The molecule has 0 unspecified atom stereocenters. The van der Waals surface area contributed by atoms with Crippen LogP contribution in [0, 0.1) is 13.8 Å². The van der Waals surface area contributed by atoms with Gasteiger partial charge in [-0.3, -0.25) is 14.7 Å². The second kappa shape index (κ2) is 13.5. The molecular weight excluding hydrogens is 565 g/mol. The Morgan fingerprint density at radius 1 is 1.00 bits per heavy atom. The van der Waals surface area contributed by atoms with Gasteiger partial charge < -0.3 is 9.84 Å². The normalized spacial score (nSPS) is 15.9. The number of alkyl halides is 3. The predicted octanol–water partition coefficient (Wildman–Crippen LogP) is 8.57. The van der Waals surface area contributed by atoms with Gasteiger partial charge in [-0.05, 0) is 84.8 Å². The molecule has 1 aliphatic rings. The van der Waals surface area contributed by atoms with Crippen molar-refractivity contribution in [1.82, 2.24) is 9.88 Å². The van der Waals surface area contributed by atoms with E-state index in [0.29, 0.717) is 18.5 Å². The molecule has 5 nitrogen and oxygen atoms in total. The Hall–Kier alpha value is -4.43. The minimum absolute atomic E-state index is 0.0310. The van der Waals surface area contributed by atoms with Crippen molar-refractivity contribution in [2.45, 2.75) is 58.5 Å². The van der Waals surface area contributed by atoms with E-state index in [0.717, 1.165) is 52.3 Å². The van der Waals surface area contributed by atoms with E-state index in [1.165, 1.54) is 12.1 Å². The lowest BCUT2D eigenvalue weighted by molar-refractivity contribution is -0.145. The van der Waals surface area contributed by atoms with Crippen molar-refractivity contribution in [2.75, 3.05) is 6.54 Å². The van der Waals surface area contributed by atoms with Crippen molar-refractivity contribution in [1.29, 1.82) is 0 Å². The van der Waals surface area contributed by atoms with Crippen LogP contribution >= 0.6 is 0 Å². The van der Waals surface area contributed by atoms with E-state index in [1.54, 1.807) is 23.4 Å². The molecule has 0 amide bonds. The lowest BCUT2D eigenvalue weighted by atomic mass is 9.95. The second-order valence-corrected chi connectivity index (χ2v) is 11.2. The molecule has 1 aliphatic heterocycles. The van der Waals surface area contributed by atoms with Crippen LogP contribution < -0.4 is 4.74 Å². The third-order valence-corrected chi connectivity index (χ3v) is 8.04. The van der Waals surface area contributed by atoms with Gasteiger partial charge in [-0.15, -0.1) is 0 Å². The highest BCUT2D eigenvalue weighted by molar-refractivity contribution is 5.78. The van der Waals surface area contributed by atoms with Gasteiger partial charge in [0.15, 0.2) is 0 Å². The monoisotopic (exact) mass is 600 g/mol. The van der Waals surface area contributed by atoms with Gasteiger partial charge in [0.25, 0.3) is 0 Å². The number of aryl methyl sites for hydroxylation is 1. The number of pyridine rings is 1. The second-order valence-electron chi connectivity index (χ2n) is 11.2. The highest BCUT2D eigenvalue weighted by Gasteiger charge is 2.35. The summed E-state index contributed by atoms with van der Waals surface area (Å²) < 4.78 is 49.8. The molecule has 1 N–H and O–H groups in total. The van der Waals surface area contributed by atoms with Crippen LogP contribution in [-0.4, -0.2) is 33.5 Å². The third-order valence-electron chi connectivity index (χ3n) is 8.04. The Morgan fingerprint density at radius 3 is 2.50 bits per heavy atom. The number of likely N-dealkylation sites (tertiary alicyclic amines) is 1. The van der Waals surface area contributed by atoms with Crippen molar-refractivity contribution in [3.8, 4) is 16.9 Å². The molecule has 2 heterocycles. The number of carboxylic acid groups (broad SMARTS) is 1. The number of hydrogen-bond acceptors (Lipinski definition) is 4. The zero-order chi connectivity index (χ0) is 31.3. The maximum Gasteiger partial charge on any atom is 0.417 e. The standard InChI is InChI=1S/C36H35F3N2O3/c1-24-17-26(21-40-20-24)23-44-34-19-29(15-14-27-11-8-12-31(25(27)2)28-9-4-3-5-10-28)32(36(37,38)39)18-30(34)22-41-16-7-6-13-33(41)35(42)43/h3-5,8-12,14-15,17-21,33H,6-7,13,16,22-23H2,1-2H3,(H,42,43)/b15-14+/t33-/m0/s1. The largest absolute Gasteiger partial charge is 0.488 e. The molecule has 0 spiro atoms. The van der Waals surface area contributed by atoms with Crippen LogP contribution in [0.25, 0.3) is 23.3 Å². The molecule has 228 valence electrons. The van der Waals surface area contributed by atoms with E-state index in [9.17, 15) is 23.1 Å². The van der Waals surface area contributed by atoms with Gasteiger partial charge in [-0.25, -0.2) is 0 Å². The summed E-state index contributed by atoms with van der Waals surface area (Å²) in [6.45, 7) is 4.48. The molecule has 0 aliphatic carbocycles. The van der Waals surface area contributed by atoms with Crippen LogP contribution in [0.15, 0.2) is 79.1 Å². The van der Waals surface area contributed by atoms with E-state index in [2.05, 4.69) is 4.98 Å². The summed E-state index contributed by atoms with van der Waals surface area (Å²) in [7, 11) is 0. The highest BCUT2D eigenvalue weighted by atomic mass is 19.4. The molecule has 1 aromatic heterocycles. The fourth-order valence-corrected chi connectivity index (χ4v) is 5.76. The molecule has 1 atom stereocenters. The minimum Gasteiger partial charge on any atom is -0.488 e. The quantitative estimate of drug-likeness (QED) is 0.195. The number of hydrogen-bond donors (Lipinski definition) is 1. The van der Waals surface area contributed by atoms with Gasteiger partial charge in [0.05, 0.1) is 5.56 Å². The summed E-state index contributed by atoms with van der Waals surface area (Å²) in [5, 5.41) is 9.79. The maximum absolute atomic E-state index is 14.5. The summed E-state index contributed by atoms with van der Waals surface area (Å²) in [6, 6.07) is 19.3. The Bertz CT molecular complexity index is 1650.